The minimum atomic E-state index is 0.0328. The van der Waals surface area contributed by atoms with Crippen LogP contribution in [0.3, 0.4) is 0 Å². The average molecular weight is 296 g/mol. The molecule has 0 unspecified atom stereocenters. The first-order chi connectivity index (χ1) is 10.8. The number of fused-ring (bicyclic) bond motifs is 1. The third-order valence-electron chi connectivity index (χ3n) is 4.44. The molecule has 5 heteroatoms. The Morgan fingerprint density at radius 2 is 2.36 bits per heavy atom. The Morgan fingerprint density at radius 1 is 1.41 bits per heavy atom. The third kappa shape index (κ3) is 2.32. The highest BCUT2D eigenvalue weighted by Crippen LogP contribution is 2.28. The van der Waals surface area contributed by atoms with Gasteiger partial charge in [0.25, 0.3) is 0 Å². The number of benzene rings is 1. The maximum atomic E-state index is 5.90. The van der Waals surface area contributed by atoms with Crippen LogP contribution in [-0.2, 0) is 18.3 Å². The maximum absolute atomic E-state index is 5.90. The van der Waals surface area contributed by atoms with Crippen LogP contribution in [0.4, 0.5) is 0 Å². The van der Waals surface area contributed by atoms with Crippen molar-refractivity contribution < 1.29 is 4.74 Å². The minimum Gasteiger partial charge on any atom is -0.369 e. The number of H-pyrrole nitrogens is 1. The summed E-state index contributed by atoms with van der Waals surface area (Å²) in [6.07, 6.45) is 6.83. The number of nitrogens with zero attached hydrogens (tertiary/aromatic N) is 2. The van der Waals surface area contributed by atoms with Crippen molar-refractivity contribution >= 4 is 10.9 Å². The topological polar surface area (TPSA) is 54.9 Å². The van der Waals surface area contributed by atoms with Crippen LogP contribution in [-0.4, -0.2) is 27.2 Å². The maximum Gasteiger partial charge on any atom is 0.139 e. The van der Waals surface area contributed by atoms with Gasteiger partial charge in [0.2, 0.25) is 0 Å². The van der Waals surface area contributed by atoms with E-state index in [1.807, 2.05) is 30.2 Å². The van der Waals surface area contributed by atoms with Gasteiger partial charge in [-0.3, -0.25) is 0 Å². The number of ether oxygens (including phenoxy) is 1. The molecule has 2 aromatic heterocycles. The number of rotatable bonds is 4. The van der Waals surface area contributed by atoms with Crippen LogP contribution in [0, 0.1) is 0 Å². The van der Waals surface area contributed by atoms with Gasteiger partial charge in [-0.05, 0) is 24.1 Å². The second kappa shape index (κ2) is 5.59. The van der Waals surface area contributed by atoms with Gasteiger partial charge < -0.3 is 19.6 Å². The first-order valence-electron chi connectivity index (χ1n) is 7.70. The monoisotopic (exact) mass is 296 g/mol. The van der Waals surface area contributed by atoms with Gasteiger partial charge in [-0.2, -0.15) is 0 Å². The van der Waals surface area contributed by atoms with E-state index in [4.69, 9.17) is 4.74 Å². The van der Waals surface area contributed by atoms with Crippen LogP contribution in [0.1, 0.15) is 23.9 Å². The molecule has 0 bridgehead atoms. The summed E-state index contributed by atoms with van der Waals surface area (Å²) in [4.78, 5) is 7.70. The molecule has 4 rings (SSSR count). The number of aromatic amines is 1. The largest absolute Gasteiger partial charge is 0.369 e. The number of aromatic nitrogens is 3. The summed E-state index contributed by atoms with van der Waals surface area (Å²) < 4.78 is 7.94. The van der Waals surface area contributed by atoms with Crippen molar-refractivity contribution in [2.24, 2.45) is 7.05 Å². The van der Waals surface area contributed by atoms with E-state index < -0.39 is 0 Å². The lowest BCUT2D eigenvalue weighted by Gasteiger charge is -2.20. The summed E-state index contributed by atoms with van der Waals surface area (Å²) in [5.41, 5.74) is 2.49. The van der Waals surface area contributed by atoms with Gasteiger partial charge in [0, 0.05) is 55.7 Å². The number of imidazole rings is 1. The fourth-order valence-corrected chi connectivity index (χ4v) is 3.25. The van der Waals surface area contributed by atoms with Crippen molar-refractivity contribution in [2.75, 3.05) is 6.61 Å². The molecular formula is C17H20N4O. The highest BCUT2D eigenvalue weighted by molar-refractivity contribution is 5.82. The van der Waals surface area contributed by atoms with Crippen LogP contribution in [0.2, 0.25) is 0 Å². The van der Waals surface area contributed by atoms with Crippen molar-refractivity contribution in [2.45, 2.75) is 25.1 Å². The van der Waals surface area contributed by atoms with E-state index in [2.05, 4.69) is 39.6 Å². The van der Waals surface area contributed by atoms with E-state index in [9.17, 15) is 0 Å². The molecular weight excluding hydrogens is 276 g/mol. The molecule has 1 aliphatic heterocycles. The van der Waals surface area contributed by atoms with Crippen molar-refractivity contribution in [3.63, 3.8) is 0 Å². The summed E-state index contributed by atoms with van der Waals surface area (Å²) >= 11 is 0. The first-order valence-corrected chi connectivity index (χ1v) is 7.70. The van der Waals surface area contributed by atoms with Gasteiger partial charge >= 0.3 is 0 Å². The molecule has 3 aromatic rings. The Balaban J connectivity index is 1.51. The molecule has 5 nitrogen and oxygen atoms in total. The van der Waals surface area contributed by atoms with Crippen LogP contribution in [0.15, 0.2) is 42.9 Å². The molecule has 1 saturated heterocycles. The molecule has 1 aromatic carbocycles. The Bertz CT molecular complexity index is 776. The second-order valence-corrected chi connectivity index (χ2v) is 5.82. The number of nitrogens with one attached hydrogen (secondary N) is 2. The Morgan fingerprint density at radius 3 is 3.23 bits per heavy atom. The van der Waals surface area contributed by atoms with Crippen molar-refractivity contribution in [1.82, 2.24) is 19.9 Å². The van der Waals surface area contributed by atoms with Gasteiger partial charge in [-0.1, -0.05) is 12.1 Å². The Labute approximate surface area is 129 Å². The van der Waals surface area contributed by atoms with E-state index in [0.29, 0.717) is 6.04 Å². The molecule has 22 heavy (non-hydrogen) atoms. The molecule has 0 amide bonds. The van der Waals surface area contributed by atoms with Crippen molar-refractivity contribution in [3.8, 4) is 0 Å². The fourth-order valence-electron chi connectivity index (χ4n) is 3.25. The molecule has 0 spiro atoms. The molecule has 0 saturated carbocycles. The minimum absolute atomic E-state index is 0.0328. The lowest BCUT2D eigenvalue weighted by atomic mass is 10.1. The summed E-state index contributed by atoms with van der Waals surface area (Å²) in [6.45, 7) is 1.62. The predicted octanol–water partition coefficient (Wildman–Crippen LogP) is 2.52. The molecule has 0 radical (unpaired) electrons. The molecule has 2 N–H and O–H groups in total. The number of hydrogen-bond acceptors (Lipinski definition) is 3. The molecule has 1 aliphatic rings. The fraction of sp³-hybridized carbons (Fsp3) is 0.353. The summed E-state index contributed by atoms with van der Waals surface area (Å²) in [6, 6.07) is 8.81. The highest BCUT2D eigenvalue weighted by Gasteiger charge is 2.31. The van der Waals surface area contributed by atoms with Gasteiger partial charge in [0.05, 0.1) is 0 Å². The van der Waals surface area contributed by atoms with E-state index in [0.717, 1.165) is 25.4 Å². The lowest BCUT2D eigenvalue weighted by Crippen LogP contribution is -2.32. The summed E-state index contributed by atoms with van der Waals surface area (Å²) in [5, 5.41) is 4.93. The van der Waals surface area contributed by atoms with Crippen LogP contribution >= 0.6 is 0 Å². The molecule has 114 valence electrons. The Hall–Kier alpha value is -2.11. The molecule has 1 fully saturated rings. The molecule has 3 heterocycles. The highest BCUT2D eigenvalue weighted by atomic mass is 16.5. The van der Waals surface area contributed by atoms with Gasteiger partial charge in [0.15, 0.2) is 0 Å². The van der Waals surface area contributed by atoms with Gasteiger partial charge in [-0.25, -0.2) is 4.98 Å². The zero-order valence-corrected chi connectivity index (χ0v) is 12.6. The quantitative estimate of drug-likeness (QED) is 0.778. The van der Waals surface area contributed by atoms with Gasteiger partial charge in [-0.15, -0.1) is 0 Å². The van der Waals surface area contributed by atoms with Crippen molar-refractivity contribution in [3.05, 3.63) is 54.2 Å². The smallest absolute Gasteiger partial charge is 0.139 e. The molecule has 0 aliphatic carbocycles. The van der Waals surface area contributed by atoms with E-state index in [1.165, 1.54) is 16.5 Å². The van der Waals surface area contributed by atoms with E-state index in [-0.39, 0.29) is 6.10 Å². The number of aryl methyl sites for hydroxylation is 1. The average Bonchev–Trinajstić information content (AvgIpc) is 3.24. The normalized spacial score (nSPS) is 21.7. The van der Waals surface area contributed by atoms with E-state index in [1.54, 1.807) is 0 Å². The van der Waals surface area contributed by atoms with Crippen LogP contribution in [0.25, 0.3) is 10.9 Å². The zero-order valence-electron chi connectivity index (χ0n) is 12.6. The van der Waals surface area contributed by atoms with Gasteiger partial charge in [0.1, 0.15) is 11.9 Å². The zero-order chi connectivity index (χ0) is 14.9. The van der Waals surface area contributed by atoms with E-state index >= 15 is 0 Å². The third-order valence-corrected chi connectivity index (χ3v) is 4.44. The summed E-state index contributed by atoms with van der Waals surface area (Å²) in [7, 11) is 2.02. The standard InChI is InChI=1S/C17H20N4O/c1-21-9-8-19-17(21)16-15(6-10-22-16)20-11-12-3-2-4-14-13(12)5-7-18-14/h2-5,7-9,15-16,18,20H,6,10-11H2,1H3/t15-,16-/m0/s1. The second-order valence-electron chi connectivity index (χ2n) is 5.82. The number of hydrogen-bond donors (Lipinski definition) is 2. The Kier molecular flexibility index (Phi) is 3.44. The SMILES string of the molecule is Cn1ccnc1[C@H]1OCC[C@@H]1NCc1cccc2[nH]ccc12. The summed E-state index contributed by atoms with van der Waals surface area (Å²) in [5.74, 6) is 0.995. The predicted molar refractivity (Wildman–Crippen MR) is 85.4 cm³/mol. The van der Waals surface area contributed by atoms with Crippen molar-refractivity contribution in [1.29, 1.82) is 0 Å². The molecule has 2 atom stereocenters. The van der Waals surface area contributed by atoms with Crippen LogP contribution < -0.4 is 5.32 Å². The first kappa shape index (κ1) is 13.5. The van der Waals surface area contributed by atoms with Crippen LogP contribution in [0.5, 0.6) is 0 Å². The lowest BCUT2D eigenvalue weighted by molar-refractivity contribution is 0.0893.